The van der Waals surface area contributed by atoms with Gasteiger partial charge in [0.05, 0.1) is 60.7 Å². The van der Waals surface area contributed by atoms with Crippen LogP contribution in [0.15, 0.2) is 214 Å². The molecule has 0 bridgehead atoms. The maximum atomic E-state index is 11.9. The van der Waals surface area contributed by atoms with Crippen LogP contribution < -0.4 is 71.4 Å². The molecule has 0 fully saturated rings. The van der Waals surface area contributed by atoms with Crippen molar-refractivity contribution in [3.8, 4) is 52.1 Å². The minimum Gasteiger partial charge on any atom is -0.870 e. The molecular weight excluding hydrogens is 1370 g/mol. The van der Waals surface area contributed by atoms with E-state index in [-0.39, 0.29) is 132 Å². The summed E-state index contributed by atoms with van der Waals surface area (Å²) in [7, 11) is 5.81. The molecule has 0 heterocycles. The zero-order valence-electron chi connectivity index (χ0n) is 49.5. The third-order valence-corrected chi connectivity index (χ3v) is 11.8. The summed E-state index contributed by atoms with van der Waals surface area (Å²) in [5.41, 5.74) is 7.22. The monoisotopic (exact) mass is 1430 g/mol. The normalized spacial score (nSPS) is 10.1. The van der Waals surface area contributed by atoms with Gasteiger partial charge in [-0.1, -0.05) is 193 Å². The molecule has 0 aliphatic rings. The van der Waals surface area contributed by atoms with Gasteiger partial charge in [-0.3, -0.25) is 20.0 Å². The number of nitrogens with zero attached hydrogens (tertiary/aromatic N) is 5. The van der Waals surface area contributed by atoms with Crippen molar-refractivity contribution in [1.82, 2.24) is 0 Å². The van der Waals surface area contributed by atoms with Crippen LogP contribution in [0.5, 0.6) is 46.0 Å². The number of nitriles is 1. The van der Waals surface area contributed by atoms with E-state index in [1.807, 2.05) is 0 Å². The molecule has 0 saturated heterocycles. The predicted molar refractivity (Wildman–Crippen MR) is 322 cm³/mol. The Balaban J connectivity index is 0.00000115. The zero-order chi connectivity index (χ0) is 61.5. The number of carboxylic acids is 2. The van der Waals surface area contributed by atoms with Gasteiger partial charge in [-0.25, -0.2) is 0 Å². The fourth-order valence-corrected chi connectivity index (χ4v) is 8.18. The fraction of sp³-hybridized carbons (Fsp3) is 0.167. The molecule has 0 N–H and O–H groups in total. The second kappa shape index (κ2) is 45.4. The Labute approximate surface area is 573 Å². The van der Waals surface area contributed by atoms with Crippen molar-refractivity contribution in [2.75, 3.05) is 54.6 Å². The van der Waals surface area contributed by atoms with Gasteiger partial charge >= 0.3 is 85.9 Å². The van der Waals surface area contributed by atoms with E-state index in [1.165, 1.54) is 82.1 Å². The molecule has 0 saturated carbocycles. The van der Waals surface area contributed by atoms with E-state index in [2.05, 4.69) is 141 Å². The van der Waals surface area contributed by atoms with Crippen molar-refractivity contribution in [3.05, 3.63) is 216 Å². The second-order valence-corrected chi connectivity index (χ2v) is 17.4. The van der Waals surface area contributed by atoms with Crippen LogP contribution in [0.25, 0.3) is 0 Å². The minimum atomic E-state index is -1.22. The average Bonchev–Trinajstić information content (AvgIpc) is 0.904. The van der Waals surface area contributed by atoms with E-state index in [9.17, 15) is 20.4 Å². The molecule has 0 aromatic heterocycles. The largest absolute Gasteiger partial charge is 3.00 e. The smallest absolute Gasteiger partial charge is 0.870 e. The van der Waals surface area contributed by atoms with Gasteiger partial charge in [0.1, 0.15) is 29.1 Å². The van der Waals surface area contributed by atoms with Gasteiger partial charge in [0.15, 0.2) is 0 Å². The van der Waals surface area contributed by atoms with Crippen LogP contribution in [-0.2, 0) is 48.5 Å². The Morgan fingerprint density at radius 3 is 0.736 bits per heavy atom. The van der Waals surface area contributed by atoms with E-state index in [4.69, 9.17) is 44.0 Å². The Morgan fingerprint density at radius 2 is 0.575 bits per heavy atom. The van der Waals surface area contributed by atoms with Crippen LogP contribution >= 0.6 is 0 Å². The summed E-state index contributed by atoms with van der Waals surface area (Å²) in [6.45, 7) is 5.01. The van der Waals surface area contributed by atoms with E-state index in [0.29, 0.717) is 48.4 Å². The van der Waals surface area contributed by atoms with Gasteiger partial charge in [-0.2, -0.15) is 27.1 Å². The van der Waals surface area contributed by atoms with Crippen molar-refractivity contribution in [1.29, 1.82) is 5.26 Å². The summed E-state index contributed by atoms with van der Waals surface area (Å²) in [4.78, 5) is 34.5. The number of methoxy groups -OCH3 is 4. The molecule has 8 aromatic carbocycles. The van der Waals surface area contributed by atoms with Gasteiger partial charge in [-0.05, 0) is 60.4 Å². The molecule has 21 heteroatoms. The molecule has 0 spiro atoms. The summed E-state index contributed by atoms with van der Waals surface area (Å²) < 4.78 is 19.9. The standard InChI is InChI=1S/C24H20B.2C18H20N2O4.C2H3N.2C2H4O2.Yb.2Zn/c1-5-13-21(14-6-1)25(22-15-7-2-8-16-22,23-17-9-3-10-18-23)24-19-11-4-12-20-24;2*1-23-15-7-3-5-13(17(15)21)11-19-9-10-20-12-14-6-4-8-16(24-2)18(14)22;1-2-3;2*1-2(3)4;;;/h1-20H;2*3-8,11-12,21-22H,9-10H2,1-2H3;1H3;2*1H3,(H,3,4);;;/q-1;;;;;;+3;2*+2/p-6. The van der Waals surface area contributed by atoms with Gasteiger partial charge in [0.2, 0.25) is 0 Å². The number of carbonyl (C=O) groups excluding carboxylic acids is 2. The molecule has 0 amide bonds. The van der Waals surface area contributed by atoms with Crippen LogP contribution in [0.2, 0.25) is 0 Å². The quantitative estimate of drug-likeness (QED) is 0.0671. The fourth-order valence-electron chi connectivity index (χ4n) is 8.18. The first-order valence-electron chi connectivity index (χ1n) is 26.0. The Morgan fingerprint density at radius 1 is 0.402 bits per heavy atom. The third kappa shape index (κ3) is 26.7. The second-order valence-electron chi connectivity index (χ2n) is 17.4. The van der Waals surface area contributed by atoms with E-state index in [1.54, 1.807) is 78.9 Å². The first-order valence-corrected chi connectivity index (χ1v) is 26.0. The molecular formula is C66H65BN5O12YbZn2. The number of hydrogen-bond donors (Lipinski definition) is 0. The minimum absolute atomic E-state index is 0. The summed E-state index contributed by atoms with van der Waals surface area (Å²) in [6.07, 6.45) is 4.80. The zero-order valence-corrected chi connectivity index (χ0v) is 57.2. The molecule has 447 valence electrons. The summed E-state index contributed by atoms with van der Waals surface area (Å²) in [5, 5.41) is 72.7. The van der Waals surface area contributed by atoms with E-state index in [0.717, 1.165) is 13.8 Å². The summed E-state index contributed by atoms with van der Waals surface area (Å²) in [6, 6.07) is 65.4. The molecule has 0 atom stereocenters. The number of carbonyl (C=O) groups is 2. The van der Waals surface area contributed by atoms with Crippen LogP contribution in [0, 0.1) is 58.3 Å². The van der Waals surface area contributed by atoms with Crippen molar-refractivity contribution < 1.29 is 145 Å². The maximum Gasteiger partial charge on any atom is 3.00 e. The number of rotatable bonds is 18. The van der Waals surface area contributed by atoms with E-state index >= 15 is 0 Å². The van der Waals surface area contributed by atoms with Crippen LogP contribution in [-0.4, -0.2) is 97.6 Å². The molecule has 0 aliphatic heterocycles. The number of para-hydroxylation sites is 4. The van der Waals surface area contributed by atoms with Gasteiger partial charge in [-0.15, -0.1) is 0 Å². The number of ether oxygens (including phenoxy) is 4. The number of aliphatic imine (C=N–C) groups is 4. The number of hydrogen-bond acceptors (Lipinski definition) is 17. The Bertz CT molecular complexity index is 2980. The van der Waals surface area contributed by atoms with Crippen molar-refractivity contribution >= 4 is 64.8 Å². The van der Waals surface area contributed by atoms with E-state index < -0.39 is 18.1 Å². The van der Waals surface area contributed by atoms with Gasteiger partial charge in [0, 0.05) is 43.7 Å². The van der Waals surface area contributed by atoms with Crippen molar-refractivity contribution in [2.45, 2.75) is 20.8 Å². The molecule has 0 aliphatic carbocycles. The van der Waals surface area contributed by atoms with Gasteiger partial charge in [0.25, 0.3) is 0 Å². The molecule has 17 nitrogen and oxygen atoms in total. The number of benzene rings is 8. The first-order chi connectivity index (χ1) is 40.6. The third-order valence-electron chi connectivity index (χ3n) is 11.8. The first kappa shape index (κ1) is 79.1. The number of aliphatic carboxylic acids is 2. The van der Waals surface area contributed by atoms with Gasteiger partial charge < -0.3 is 59.2 Å². The van der Waals surface area contributed by atoms with Crippen LogP contribution in [0.4, 0.5) is 0 Å². The summed E-state index contributed by atoms with van der Waals surface area (Å²) in [5.74, 6) is -1.79. The Kier molecular flexibility index (Phi) is 41.3. The predicted octanol–water partition coefficient (Wildman–Crippen LogP) is 3.88. The summed E-state index contributed by atoms with van der Waals surface area (Å²) >= 11 is 0. The molecule has 1 radical (unpaired) electrons. The van der Waals surface area contributed by atoms with Crippen LogP contribution in [0.1, 0.15) is 43.0 Å². The molecule has 0 unspecified atom stereocenters. The van der Waals surface area contributed by atoms with Crippen molar-refractivity contribution in [2.24, 2.45) is 20.0 Å². The number of carboxylic acid groups (broad SMARTS) is 2. The molecule has 87 heavy (non-hydrogen) atoms. The molecule has 8 rings (SSSR count). The van der Waals surface area contributed by atoms with Crippen LogP contribution in [0.3, 0.4) is 0 Å². The Hall–Kier alpha value is -7.90. The maximum absolute atomic E-state index is 11.9. The SMILES string of the molecule is CC#N.CC(=O)[O-].CC(=O)[O-].COc1cccc(C=NCCN=Cc2cccc(OC)c2[O-])c1[O-].COc1cccc(C=NCCN=Cc2cccc(OC)c2[O-])c1[O-].[Yb+3].[Zn+2].[Zn+2].c1ccc([B-](c2ccccc2)(c2ccccc2)c2ccccc2)cc1. The molecule has 8 aromatic rings. The topological polar surface area (TPSA) is 283 Å². The van der Waals surface area contributed by atoms with Crippen molar-refractivity contribution in [3.63, 3.8) is 0 Å². The average molecular weight is 1430 g/mol.